The van der Waals surface area contributed by atoms with E-state index in [0.29, 0.717) is 5.70 Å². The van der Waals surface area contributed by atoms with Crippen molar-refractivity contribution in [3.05, 3.63) is 52.9 Å². The number of aryl methyl sites for hydroxylation is 1. The van der Waals surface area contributed by atoms with Crippen molar-refractivity contribution >= 4 is 33.4 Å². The Balaban J connectivity index is 1.84. The van der Waals surface area contributed by atoms with Crippen LogP contribution in [0, 0.1) is 6.92 Å². The molecule has 6 heteroatoms. The van der Waals surface area contributed by atoms with Gasteiger partial charge in [-0.3, -0.25) is 0 Å². The number of anilines is 2. The molecule has 1 aromatic carbocycles. The molecule has 0 amide bonds. The molecule has 0 fully saturated rings. The largest absolute Gasteiger partial charge is 0.492 e. The minimum Gasteiger partial charge on any atom is -0.492 e. The summed E-state index contributed by atoms with van der Waals surface area (Å²) in [4.78, 5) is 4.57. The van der Waals surface area contributed by atoms with Gasteiger partial charge in [-0.2, -0.15) is 0 Å². The molecule has 0 spiro atoms. The molecule has 5 nitrogen and oxygen atoms in total. The molecule has 0 atom stereocenters. The Hall–Kier alpha value is -2.31. The van der Waals surface area contributed by atoms with Crippen molar-refractivity contribution in [1.29, 1.82) is 0 Å². The molecule has 0 saturated heterocycles. The van der Waals surface area contributed by atoms with Crippen LogP contribution in [-0.4, -0.2) is 10.8 Å². The van der Waals surface area contributed by atoms with E-state index in [1.807, 2.05) is 49.2 Å². The fourth-order valence-electron chi connectivity index (χ4n) is 2.57. The topological polar surface area (TPSA) is 51.1 Å². The molecule has 21 heavy (non-hydrogen) atoms. The molecule has 0 saturated carbocycles. The second kappa shape index (κ2) is 4.34. The Labute approximate surface area is 126 Å². The van der Waals surface area contributed by atoms with Crippen LogP contribution in [0.25, 0.3) is 0 Å². The first kappa shape index (κ1) is 12.4. The SMILES string of the molecule is CC1=Nc2ccccc2N2NN(c3cc(C)cs3)C(O)=C12. The van der Waals surface area contributed by atoms with E-state index < -0.39 is 0 Å². The number of nitrogens with one attached hydrogen (secondary N) is 1. The number of hydrazine groups is 2. The number of thiophene rings is 1. The van der Waals surface area contributed by atoms with Crippen LogP contribution >= 0.6 is 11.3 Å². The molecule has 0 bridgehead atoms. The minimum absolute atomic E-state index is 0.174. The molecule has 4 rings (SSSR count). The van der Waals surface area contributed by atoms with E-state index >= 15 is 0 Å². The van der Waals surface area contributed by atoms with E-state index in [2.05, 4.69) is 15.9 Å². The highest BCUT2D eigenvalue weighted by atomic mass is 32.1. The summed E-state index contributed by atoms with van der Waals surface area (Å²) in [6.45, 7) is 3.94. The third-order valence-electron chi connectivity index (χ3n) is 3.54. The van der Waals surface area contributed by atoms with Crippen molar-refractivity contribution in [3.8, 4) is 0 Å². The first-order chi connectivity index (χ1) is 10.1. The van der Waals surface area contributed by atoms with E-state index in [1.165, 1.54) is 5.56 Å². The van der Waals surface area contributed by atoms with Gasteiger partial charge in [0.25, 0.3) is 0 Å². The van der Waals surface area contributed by atoms with Crippen molar-refractivity contribution in [1.82, 2.24) is 5.53 Å². The molecule has 2 aliphatic rings. The Morgan fingerprint density at radius 3 is 2.76 bits per heavy atom. The van der Waals surface area contributed by atoms with Crippen LogP contribution in [0.3, 0.4) is 0 Å². The smallest absolute Gasteiger partial charge is 0.236 e. The van der Waals surface area contributed by atoms with Crippen LogP contribution in [0.15, 0.2) is 52.3 Å². The molecule has 2 aromatic rings. The molecule has 106 valence electrons. The lowest BCUT2D eigenvalue weighted by Gasteiger charge is -2.27. The summed E-state index contributed by atoms with van der Waals surface area (Å²) in [5, 5.41) is 17.1. The predicted octanol–water partition coefficient (Wildman–Crippen LogP) is 3.64. The Morgan fingerprint density at radius 1 is 1.19 bits per heavy atom. The van der Waals surface area contributed by atoms with Gasteiger partial charge in [0, 0.05) is 0 Å². The number of rotatable bonds is 1. The highest BCUT2D eigenvalue weighted by Crippen LogP contribution is 2.40. The maximum Gasteiger partial charge on any atom is 0.236 e. The van der Waals surface area contributed by atoms with Gasteiger partial charge in [-0.25, -0.2) is 15.0 Å². The molecule has 1 aromatic heterocycles. The Kier molecular flexibility index (Phi) is 2.57. The van der Waals surface area contributed by atoms with E-state index in [1.54, 1.807) is 16.3 Å². The summed E-state index contributed by atoms with van der Waals surface area (Å²) in [6, 6.07) is 9.90. The van der Waals surface area contributed by atoms with E-state index in [0.717, 1.165) is 22.1 Å². The number of benzene rings is 1. The molecule has 0 unspecified atom stereocenters. The maximum atomic E-state index is 10.6. The van der Waals surface area contributed by atoms with Crippen LogP contribution < -0.4 is 15.6 Å². The van der Waals surface area contributed by atoms with Gasteiger partial charge < -0.3 is 5.11 Å². The summed E-state index contributed by atoms with van der Waals surface area (Å²) in [7, 11) is 0. The third-order valence-corrected chi connectivity index (χ3v) is 4.57. The summed E-state index contributed by atoms with van der Waals surface area (Å²) in [5.41, 5.74) is 7.71. The van der Waals surface area contributed by atoms with Gasteiger partial charge >= 0.3 is 0 Å². The van der Waals surface area contributed by atoms with Crippen LogP contribution in [0.2, 0.25) is 0 Å². The van der Waals surface area contributed by atoms with Crippen LogP contribution in [0.5, 0.6) is 0 Å². The number of hydrogen-bond acceptors (Lipinski definition) is 6. The van der Waals surface area contributed by atoms with E-state index in [9.17, 15) is 5.11 Å². The van der Waals surface area contributed by atoms with Gasteiger partial charge in [-0.05, 0) is 43.0 Å². The van der Waals surface area contributed by atoms with Crippen molar-refractivity contribution in [3.63, 3.8) is 0 Å². The van der Waals surface area contributed by atoms with E-state index in [4.69, 9.17) is 0 Å². The lowest BCUT2D eigenvalue weighted by atomic mass is 10.1. The first-order valence-corrected chi connectivity index (χ1v) is 7.53. The second-order valence-corrected chi connectivity index (χ2v) is 5.98. The molecule has 3 heterocycles. The van der Waals surface area contributed by atoms with E-state index in [-0.39, 0.29) is 5.88 Å². The standard InChI is InChI=1S/C15H14N4OS/c1-9-7-13(21-8-9)19-15(20)14-10(2)16-11-5-3-4-6-12(11)18(14)17-19/h3-8,17,20H,1-2H3. The summed E-state index contributed by atoms with van der Waals surface area (Å²) < 4.78 is 0. The molecule has 2 aliphatic heterocycles. The molecule has 0 radical (unpaired) electrons. The first-order valence-electron chi connectivity index (χ1n) is 6.65. The lowest BCUT2D eigenvalue weighted by Crippen LogP contribution is -2.42. The predicted molar refractivity (Wildman–Crippen MR) is 86.0 cm³/mol. The fraction of sp³-hybridized carbons (Fsp3) is 0.133. The van der Waals surface area contributed by atoms with Gasteiger partial charge in [0.1, 0.15) is 10.7 Å². The van der Waals surface area contributed by atoms with Gasteiger partial charge in [0.05, 0.1) is 17.1 Å². The zero-order chi connectivity index (χ0) is 14.6. The summed E-state index contributed by atoms with van der Waals surface area (Å²) in [5.74, 6) is 0.174. The number of aliphatic hydroxyl groups is 1. The highest BCUT2D eigenvalue weighted by molar-refractivity contribution is 7.14. The zero-order valence-corrected chi connectivity index (χ0v) is 12.5. The van der Waals surface area contributed by atoms with Crippen molar-refractivity contribution in [2.45, 2.75) is 13.8 Å². The second-order valence-electron chi connectivity index (χ2n) is 5.09. The van der Waals surface area contributed by atoms with Crippen LogP contribution in [0.1, 0.15) is 12.5 Å². The minimum atomic E-state index is 0.174. The molecular weight excluding hydrogens is 284 g/mol. The zero-order valence-electron chi connectivity index (χ0n) is 11.7. The number of allylic oxidation sites excluding steroid dienone is 1. The quantitative estimate of drug-likeness (QED) is 0.844. The number of para-hydroxylation sites is 2. The van der Waals surface area contributed by atoms with Crippen molar-refractivity contribution < 1.29 is 5.11 Å². The number of aliphatic hydroxyl groups excluding tert-OH is 1. The van der Waals surface area contributed by atoms with Crippen molar-refractivity contribution in [2.75, 3.05) is 10.0 Å². The fourth-order valence-corrected chi connectivity index (χ4v) is 3.43. The number of aliphatic imine (C=N–C) groups is 1. The van der Waals surface area contributed by atoms with Gasteiger partial charge in [0.2, 0.25) is 5.88 Å². The monoisotopic (exact) mass is 298 g/mol. The highest BCUT2D eigenvalue weighted by Gasteiger charge is 2.36. The molecular formula is C15H14N4OS. The Bertz CT molecular complexity index is 792. The number of hydrogen-bond donors (Lipinski definition) is 2. The lowest BCUT2D eigenvalue weighted by molar-refractivity contribution is 0.389. The number of nitrogens with zero attached hydrogens (tertiary/aromatic N) is 3. The average molecular weight is 298 g/mol. The average Bonchev–Trinajstić information content (AvgIpc) is 3.03. The molecule has 2 N–H and O–H groups in total. The van der Waals surface area contributed by atoms with Crippen molar-refractivity contribution in [2.24, 2.45) is 4.99 Å². The van der Waals surface area contributed by atoms with Gasteiger partial charge in [0.15, 0.2) is 0 Å². The van der Waals surface area contributed by atoms with Gasteiger partial charge in [-0.1, -0.05) is 12.1 Å². The third kappa shape index (κ3) is 1.76. The number of fused-ring (bicyclic) bond motifs is 3. The Morgan fingerprint density at radius 2 is 2.00 bits per heavy atom. The normalized spacial score (nSPS) is 17.0. The molecule has 0 aliphatic carbocycles. The van der Waals surface area contributed by atoms with Crippen LogP contribution in [-0.2, 0) is 0 Å². The summed E-state index contributed by atoms with van der Waals surface area (Å²) >= 11 is 1.58. The van der Waals surface area contributed by atoms with Gasteiger partial charge in [-0.15, -0.1) is 16.9 Å². The summed E-state index contributed by atoms with van der Waals surface area (Å²) in [6.07, 6.45) is 0. The maximum absolute atomic E-state index is 10.6. The van der Waals surface area contributed by atoms with Crippen LogP contribution in [0.4, 0.5) is 16.4 Å².